The molecule has 0 saturated carbocycles. The van der Waals surface area contributed by atoms with E-state index in [2.05, 4.69) is 78.6 Å². The van der Waals surface area contributed by atoms with Crippen LogP contribution in [0.4, 0.5) is 0 Å². The van der Waals surface area contributed by atoms with Gasteiger partial charge in [0.05, 0.1) is 31.6 Å². The highest BCUT2D eigenvalue weighted by molar-refractivity contribution is 7.99. The van der Waals surface area contributed by atoms with Crippen molar-refractivity contribution in [3.8, 4) is 47.4 Å². The fourth-order valence-corrected chi connectivity index (χ4v) is 2.62. The normalized spacial score (nSPS) is 8.64. The maximum Gasteiger partial charge on any atom is 0.305 e. The Labute approximate surface area is 174 Å². The number of benzene rings is 1. The van der Waals surface area contributed by atoms with Crippen molar-refractivity contribution in [2.75, 3.05) is 12.4 Å². The van der Waals surface area contributed by atoms with Gasteiger partial charge in [0.25, 0.3) is 0 Å². The molecule has 0 fully saturated rings. The van der Waals surface area contributed by atoms with Crippen molar-refractivity contribution in [2.24, 2.45) is 0 Å². The van der Waals surface area contributed by atoms with Gasteiger partial charge >= 0.3 is 5.97 Å². The monoisotopic (exact) mass is 390 g/mol. The highest BCUT2D eigenvalue weighted by Gasteiger charge is 1.98. The van der Waals surface area contributed by atoms with Crippen molar-refractivity contribution in [1.82, 2.24) is 0 Å². The zero-order valence-corrected chi connectivity index (χ0v) is 17.5. The first-order valence-electron chi connectivity index (χ1n) is 9.40. The number of ether oxygens (including phenoxy) is 1. The largest absolute Gasteiger partial charge is 0.466 e. The second-order valence-corrected chi connectivity index (χ2v) is 6.75. The molecule has 1 rings (SSSR count). The summed E-state index contributed by atoms with van der Waals surface area (Å²) in [6.45, 7) is 4.32. The molecule has 0 aliphatic carbocycles. The van der Waals surface area contributed by atoms with E-state index in [1.165, 1.54) is 10.5 Å². The van der Waals surface area contributed by atoms with Crippen LogP contribution < -0.4 is 0 Å². The number of carbonyl (C=O) groups is 1. The lowest BCUT2D eigenvalue weighted by molar-refractivity contribution is -0.143. The second-order valence-electron chi connectivity index (χ2n) is 5.70. The van der Waals surface area contributed by atoms with Crippen LogP contribution in [0.3, 0.4) is 0 Å². The number of carbonyl (C=O) groups excluding carboxylic acids is 1. The summed E-state index contributed by atoms with van der Waals surface area (Å²) in [4.78, 5) is 12.4. The highest BCUT2D eigenvalue weighted by atomic mass is 32.2. The number of hydrogen-bond donors (Lipinski definition) is 0. The van der Waals surface area contributed by atoms with E-state index in [1.54, 1.807) is 18.7 Å². The maximum atomic E-state index is 11.1. The predicted molar refractivity (Wildman–Crippen MR) is 117 cm³/mol. The van der Waals surface area contributed by atoms with E-state index in [0.29, 0.717) is 38.7 Å². The van der Waals surface area contributed by atoms with Gasteiger partial charge in [-0.1, -0.05) is 59.1 Å². The van der Waals surface area contributed by atoms with Gasteiger partial charge in [0.1, 0.15) is 0 Å². The molecule has 2 nitrogen and oxygen atoms in total. The van der Waals surface area contributed by atoms with Crippen LogP contribution in [0.5, 0.6) is 0 Å². The van der Waals surface area contributed by atoms with Crippen molar-refractivity contribution in [1.29, 1.82) is 0 Å². The zero-order chi connectivity index (χ0) is 20.3. The number of hydrogen-bond acceptors (Lipinski definition) is 3. The Morgan fingerprint density at radius 2 is 1.46 bits per heavy atom. The summed E-state index contributed by atoms with van der Waals surface area (Å²) in [7, 11) is 0. The standard InChI is InChI=1S/C25H26O2S/c1-3-27-25(26)17-15-13-11-9-7-5-4-6-8-10-12-14-16-22-28-24-20-18-23(2)19-21-24/h18-21H,3,6-7,12-13,15,17,22H2,1-2H3. The van der Waals surface area contributed by atoms with Gasteiger partial charge in [-0.05, 0) is 32.4 Å². The minimum Gasteiger partial charge on any atom is -0.466 e. The van der Waals surface area contributed by atoms with Gasteiger partial charge in [-0.15, -0.1) is 17.7 Å². The number of rotatable bonds is 6. The van der Waals surface area contributed by atoms with Crippen LogP contribution in [-0.2, 0) is 9.53 Å². The molecule has 0 N–H and O–H groups in total. The first-order valence-corrected chi connectivity index (χ1v) is 10.4. The minimum atomic E-state index is -0.155. The lowest BCUT2D eigenvalue weighted by atomic mass is 10.2. The van der Waals surface area contributed by atoms with E-state index in [0.717, 1.165) is 12.2 Å². The van der Waals surface area contributed by atoms with Crippen molar-refractivity contribution in [2.45, 2.75) is 57.3 Å². The molecule has 0 aliphatic heterocycles. The van der Waals surface area contributed by atoms with E-state index in [-0.39, 0.29) is 5.97 Å². The van der Waals surface area contributed by atoms with Gasteiger partial charge in [-0.25, -0.2) is 0 Å². The molecule has 0 aliphatic rings. The van der Waals surface area contributed by atoms with Crippen molar-refractivity contribution in [3.63, 3.8) is 0 Å². The molecule has 0 amide bonds. The summed E-state index contributed by atoms with van der Waals surface area (Å²) >= 11 is 1.74. The van der Waals surface area contributed by atoms with E-state index in [4.69, 9.17) is 4.74 Å². The Morgan fingerprint density at radius 1 is 0.893 bits per heavy atom. The third-order valence-corrected chi connectivity index (χ3v) is 4.24. The minimum absolute atomic E-state index is 0.155. The SMILES string of the molecule is CCOC(=O)CCCC#CCC#CCC#CCC#CCSc1ccc(C)cc1. The summed E-state index contributed by atoms with van der Waals surface area (Å²) < 4.78 is 4.85. The van der Waals surface area contributed by atoms with Crippen LogP contribution >= 0.6 is 11.8 Å². The van der Waals surface area contributed by atoms with Crippen LogP contribution in [0, 0.1) is 54.3 Å². The molecule has 0 heterocycles. The van der Waals surface area contributed by atoms with Crippen LogP contribution in [0.25, 0.3) is 0 Å². The summed E-state index contributed by atoms with van der Waals surface area (Å²) in [5, 5.41) is 0. The third kappa shape index (κ3) is 13.5. The molecule has 0 bridgehead atoms. The lowest BCUT2D eigenvalue weighted by Crippen LogP contribution is -2.02. The quantitative estimate of drug-likeness (QED) is 0.296. The van der Waals surface area contributed by atoms with Crippen LogP contribution in [0.15, 0.2) is 29.2 Å². The maximum absolute atomic E-state index is 11.1. The summed E-state index contributed by atoms with van der Waals surface area (Å²) in [5.41, 5.74) is 1.27. The number of aryl methyl sites for hydroxylation is 1. The Hall–Kier alpha value is -2.72. The zero-order valence-electron chi connectivity index (χ0n) is 16.7. The first-order chi connectivity index (χ1) is 13.7. The van der Waals surface area contributed by atoms with Crippen LogP contribution in [-0.4, -0.2) is 18.3 Å². The Bertz CT molecular complexity index is 837. The Kier molecular flexibility index (Phi) is 13.7. The van der Waals surface area contributed by atoms with Gasteiger partial charge in [-0.3, -0.25) is 4.79 Å². The van der Waals surface area contributed by atoms with E-state index >= 15 is 0 Å². The van der Waals surface area contributed by atoms with Crippen LogP contribution in [0.2, 0.25) is 0 Å². The molecule has 0 saturated heterocycles. The lowest BCUT2D eigenvalue weighted by Gasteiger charge is -1.98. The average Bonchev–Trinajstić information content (AvgIpc) is 2.69. The fourth-order valence-electron chi connectivity index (χ4n) is 1.96. The first kappa shape index (κ1) is 23.3. The predicted octanol–water partition coefficient (Wildman–Crippen LogP) is 5.00. The number of esters is 1. The van der Waals surface area contributed by atoms with Crippen LogP contribution in [0.1, 0.15) is 51.0 Å². The highest BCUT2D eigenvalue weighted by Crippen LogP contribution is 2.17. The molecule has 3 heteroatoms. The molecule has 0 aromatic heterocycles. The summed E-state index contributed by atoms with van der Waals surface area (Å²) in [6.07, 6.45) is 3.52. The Morgan fingerprint density at radius 3 is 2.07 bits per heavy atom. The molecular weight excluding hydrogens is 364 g/mol. The average molecular weight is 391 g/mol. The van der Waals surface area contributed by atoms with Gasteiger partial charge in [0.2, 0.25) is 0 Å². The number of unbranched alkanes of at least 4 members (excludes halogenated alkanes) is 1. The summed E-state index contributed by atoms with van der Waals surface area (Å²) in [6, 6.07) is 8.46. The van der Waals surface area contributed by atoms with E-state index < -0.39 is 0 Å². The van der Waals surface area contributed by atoms with E-state index in [9.17, 15) is 4.79 Å². The molecule has 1 aromatic carbocycles. The molecule has 0 spiro atoms. The molecular formula is C25H26O2S. The van der Waals surface area contributed by atoms with Gasteiger partial charge in [0, 0.05) is 17.7 Å². The Balaban J connectivity index is 2.06. The molecule has 144 valence electrons. The molecule has 28 heavy (non-hydrogen) atoms. The molecule has 0 radical (unpaired) electrons. The topological polar surface area (TPSA) is 26.3 Å². The van der Waals surface area contributed by atoms with Gasteiger partial charge in [-0.2, -0.15) is 0 Å². The fraction of sp³-hybridized carbons (Fsp3) is 0.400. The smallest absolute Gasteiger partial charge is 0.305 e. The molecule has 0 atom stereocenters. The van der Waals surface area contributed by atoms with E-state index in [1.807, 2.05) is 0 Å². The second kappa shape index (κ2) is 16.5. The van der Waals surface area contributed by atoms with Crippen molar-refractivity contribution in [3.05, 3.63) is 29.8 Å². The molecule has 0 unspecified atom stereocenters. The molecule has 1 aromatic rings. The van der Waals surface area contributed by atoms with Crippen molar-refractivity contribution >= 4 is 17.7 Å². The summed E-state index contributed by atoms with van der Waals surface area (Å²) in [5.74, 6) is 24.8. The van der Waals surface area contributed by atoms with Gasteiger partial charge in [0.15, 0.2) is 0 Å². The van der Waals surface area contributed by atoms with Crippen molar-refractivity contribution < 1.29 is 9.53 Å². The number of thioether (sulfide) groups is 1. The third-order valence-electron chi connectivity index (χ3n) is 3.35. The van der Waals surface area contributed by atoms with Gasteiger partial charge < -0.3 is 4.74 Å².